The molecular weight excluding hydrogens is 274 g/mol. The van der Waals surface area contributed by atoms with Gasteiger partial charge in [0.2, 0.25) is 18.2 Å². The first-order valence-electron chi connectivity index (χ1n) is 6.53. The summed E-state index contributed by atoms with van der Waals surface area (Å²) < 4.78 is 5.07. The highest BCUT2D eigenvalue weighted by atomic mass is 16.4. The van der Waals surface area contributed by atoms with Crippen molar-refractivity contribution in [3.05, 3.63) is 30.7 Å². The monoisotopic (exact) mass is 289 g/mol. The first-order valence-corrected chi connectivity index (χ1v) is 6.53. The fourth-order valence-electron chi connectivity index (χ4n) is 1.78. The van der Waals surface area contributed by atoms with E-state index >= 15 is 0 Å². The van der Waals surface area contributed by atoms with E-state index in [1.165, 1.54) is 6.39 Å². The Morgan fingerprint density at radius 2 is 1.86 bits per heavy atom. The van der Waals surface area contributed by atoms with E-state index in [1.54, 1.807) is 24.3 Å². The highest BCUT2D eigenvalue weighted by Crippen LogP contribution is 2.19. The summed E-state index contributed by atoms with van der Waals surface area (Å²) in [5, 5.41) is 18.6. The lowest BCUT2D eigenvalue weighted by molar-refractivity contribution is -0.137. The first-order chi connectivity index (χ1) is 10.1. The van der Waals surface area contributed by atoms with Gasteiger partial charge in [-0.15, -0.1) is 10.2 Å². The SMILES string of the molecule is O=C(O)CCCCC(=O)Nc1ccc(-c2nnco2)cc1. The second-order valence-corrected chi connectivity index (χ2v) is 4.47. The van der Waals surface area contributed by atoms with Crippen LogP contribution in [0, 0.1) is 0 Å². The van der Waals surface area contributed by atoms with Gasteiger partial charge in [-0.25, -0.2) is 0 Å². The summed E-state index contributed by atoms with van der Waals surface area (Å²) in [6.45, 7) is 0. The number of hydrogen-bond donors (Lipinski definition) is 2. The Kier molecular flexibility index (Phi) is 5.03. The number of anilines is 1. The van der Waals surface area contributed by atoms with E-state index in [4.69, 9.17) is 9.52 Å². The second-order valence-electron chi connectivity index (χ2n) is 4.47. The van der Waals surface area contributed by atoms with Crippen LogP contribution in [0.3, 0.4) is 0 Å². The lowest BCUT2D eigenvalue weighted by Gasteiger charge is -2.05. The highest BCUT2D eigenvalue weighted by Gasteiger charge is 2.06. The molecule has 2 N–H and O–H groups in total. The minimum absolute atomic E-state index is 0.0894. The van der Waals surface area contributed by atoms with Gasteiger partial charge in [0.1, 0.15) is 0 Å². The standard InChI is InChI=1S/C14H15N3O4/c18-12(3-1-2-4-13(19)20)16-11-7-5-10(6-8-11)14-17-15-9-21-14/h5-9H,1-4H2,(H,16,18)(H,19,20). The molecule has 0 aliphatic heterocycles. The van der Waals surface area contributed by atoms with E-state index in [9.17, 15) is 9.59 Å². The molecule has 0 unspecified atom stereocenters. The fourth-order valence-corrected chi connectivity index (χ4v) is 1.78. The molecule has 0 spiro atoms. The maximum Gasteiger partial charge on any atom is 0.303 e. The number of amides is 1. The van der Waals surface area contributed by atoms with Gasteiger partial charge in [0.15, 0.2) is 0 Å². The molecule has 0 aliphatic rings. The Labute approximate surface area is 121 Å². The van der Waals surface area contributed by atoms with Crippen LogP contribution in [0.4, 0.5) is 5.69 Å². The zero-order chi connectivity index (χ0) is 15.1. The van der Waals surface area contributed by atoms with Crippen molar-refractivity contribution in [2.45, 2.75) is 25.7 Å². The van der Waals surface area contributed by atoms with Crippen LogP contribution in [-0.2, 0) is 9.59 Å². The summed E-state index contributed by atoms with van der Waals surface area (Å²) in [6.07, 6.45) is 2.70. The van der Waals surface area contributed by atoms with Crippen LogP contribution < -0.4 is 5.32 Å². The number of carboxylic acid groups (broad SMARTS) is 1. The van der Waals surface area contributed by atoms with Gasteiger partial charge in [0.25, 0.3) is 0 Å². The Balaban J connectivity index is 1.80. The van der Waals surface area contributed by atoms with Crippen LogP contribution in [0.2, 0.25) is 0 Å². The van der Waals surface area contributed by atoms with E-state index in [0.717, 1.165) is 5.56 Å². The van der Waals surface area contributed by atoms with Crippen LogP contribution in [0.5, 0.6) is 0 Å². The Hall–Kier alpha value is -2.70. The number of nitrogens with zero attached hydrogens (tertiary/aromatic N) is 2. The molecule has 0 saturated heterocycles. The first kappa shape index (κ1) is 14.7. The molecule has 2 aromatic rings. The molecule has 1 amide bonds. The number of benzene rings is 1. The molecule has 0 atom stereocenters. The molecular formula is C14H15N3O4. The maximum atomic E-state index is 11.7. The predicted molar refractivity (Wildman–Crippen MR) is 74.5 cm³/mol. The molecule has 1 aromatic carbocycles. The van der Waals surface area contributed by atoms with Gasteiger partial charge >= 0.3 is 5.97 Å². The van der Waals surface area contributed by atoms with E-state index in [1.807, 2.05) is 0 Å². The number of nitrogens with one attached hydrogen (secondary N) is 1. The Morgan fingerprint density at radius 3 is 2.48 bits per heavy atom. The summed E-state index contributed by atoms with van der Waals surface area (Å²) in [5.41, 5.74) is 1.44. The molecule has 21 heavy (non-hydrogen) atoms. The number of hydrogen-bond acceptors (Lipinski definition) is 5. The quantitative estimate of drug-likeness (QED) is 0.758. The van der Waals surface area contributed by atoms with Crippen molar-refractivity contribution in [3.63, 3.8) is 0 Å². The van der Waals surface area contributed by atoms with Crippen molar-refractivity contribution in [1.82, 2.24) is 10.2 Å². The van der Waals surface area contributed by atoms with Crippen molar-refractivity contribution in [1.29, 1.82) is 0 Å². The molecule has 7 heteroatoms. The molecule has 1 aromatic heterocycles. The lowest BCUT2D eigenvalue weighted by atomic mass is 10.1. The zero-order valence-electron chi connectivity index (χ0n) is 11.3. The molecule has 7 nitrogen and oxygen atoms in total. The average molecular weight is 289 g/mol. The predicted octanol–water partition coefficient (Wildman–Crippen LogP) is 2.32. The van der Waals surface area contributed by atoms with E-state index in [2.05, 4.69) is 15.5 Å². The van der Waals surface area contributed by atoms with Gasteiger partial charge in [0.05, 0.1) is 0 Å². The Bertz CT molecular complexity index is 593. The average Bonchev–Trinajstić information content (AvgIpc) is 2.98. The number of aliphatic carboxylic acids is 1. The fraction of sp³-hybridized carbons (Fsp3) is 0.286. The normalized spacial score (nSPS) is 10.3. The summed E-state index contributed by atoms with van der Waals surface area (Å²) in [6, 6.07) is 7.03. The lowest BCUT2D eigenvalue weighted by Crippen LogP contribution is -2.11. The van der Waals surface area contributed by atoms with Gasteiger partial charge in [0, 0.05) is 24.1 Å². The highest BCUT2D eigenvalue weighted by molar-refractivity contribution is 5.90. The van der Waals surface area contributed by atoms with Crippen LogP contribution in [-0.4, -0.2) is 27.2 Å². The second kappa shape index (κ2) is 7.18. The number of carbonyl (C=O) groups is 2. The maximum absolute atomic E-state index is 11.7. The molecule has 0 aliphatic carbocycles. The molecule has 0 radical (unpaired) electrons. The number of carboxylic acids is 1. The van der Waals surface area contributed by atoms with Crippen LogP contribution in [0.25, 0.3) is 11.5 Å². The summed E-state index contributed by atoms with van der Waals surface area (Å²) in [4.78, 5) is 22.0. The van der Waals surface area contributed by atoms with Gasteiger partial charge in [-0.3, -0.25) is 9.59 Å². The molecule has 0 bridgehead atoms. The zero-order valence-corrected chi connectivity index (χ0v) is 11.3. The molecule has 0 saturated carbocycles. The molecule has 2 rings (SSSR count). The minimum atomic E-state index is -0.841. The third kappa shape index (κ3) is 4.72. The third-order valence-electron chi connectivity index (χ3n) is 2.82. The smallest absolute Gasteiger partial charge is 0.303 e. The molecule has 110 valence electrons. The van der Waals surface area contributed by atoms with Crippen molar-refractivity contribution >= 4 is 17.6 Å². The van der Waals surface area contributed by atoms with E-state index in [0.29, 0.717) is 30.8 Å². The summed E-state index contributed by atoms with van der Waals surface area (Å²) >= 11 is 0. The summed E-state index contributed by atoms with van der Waals surface area (Å²) in [5.74, 6) is -0.556. The number of unbranched alkanes of at least 4 members (excludes halogenated alkanes) is 1. The van der Waals surface area contributed by atoms with Crippen LogP contribution in [0.15, 0.2) is 35.1 Å². The van der Waals surface area contributed by atoms with E-state index in [-0.39, 0.29) is 12.3 Å². The largest absolute Gasteiger partial charge is 0.481 e. The van der Waals surface area contributed by atoms with Crippen molar-refractivity contribution in [2.75, 3.05) is 5.32 Å². The van der Waals surface area contributed by atoms with Gasteiger partial charge in [-0.05, 0) is 37.1 Å². The molecule has 0 fully saturated rings. The van der Waals surface area contributed by atoms with E-state index < -0.39 is 5.97 Å². The minimum Gasteiger partial charge on any atom is -0.481 e. The van der Waals surface area contributed by atoms with Crippen molar-refractivity contribution in [3.8, 4) is 11.5 Å². The topological polar surface area (TPSA) is 105 Å². The van der Waals surface area contributed by atoms with Crippen molar-refractivity contribution in [2.24, 2.45) is 0 Å². The van der Waals surface area contributed by atoms with Crippen molar-refractivity contribution < 1.29 is 19.1 Å². The van der Waals surface area contributed by atoms with Gasteiger partial charge in [-0.2, -0.15) is 0 Å². The number of carbonyl (C=O) groups excluding carboxylic acids is 1. The van der Waals surface area contributed by atoms with Crippen LogP contribution >= 0.6 is 0 Å². The van der Waals surface area contributed by atoms with Gasteiger partial charge in [-0.1, -0.05) is 0 Å². The Morgan fingerprint density at radius 1 is 1.14 bits per heavy atom. The number of aromatic nitrogens is 2. The summed E-state index contributed by atoms with van der Waals surface area (Å²) in [7, 11) is 0. The number of rotatable bonds is 7. The van der Waals surface area contributed by atoms with Crippen LogP contribution in [0.1, 0.15) is 25.7 Å². The molecule has 1 heterocycles. The third-order valence-corrected chi connectivity index (χ3v) is 2.82. The van der Waals surface area contributed by atoms with Gasteiger partial charge < -0.3 is 14.8 Å².